The van der Waals surface area contributed by atoms with Crippen LogP contribution in [-0.4, -0.2) is 62.0 Å². The normalized spacial score (nSPS) is 25.2. The van der Waals surface area contributed by atoms with E-state index in [4.69, 9.17) is 14.2 Å². The van der Waals surface area contributed by atoms with Crippen molar-refractivity contribution in [2.75, 3.05) is 51.1 Å². The van der Waals surface area contributed by atoms with E-state index in [-0.39, 0.29) is 12.6 Å². The SMILES string of the molecule is Fc1ccc([C@H]2CCN(CCCC3CSCCN3)C[C@@H]2COc2ccc3c(c2)OCO3)cc1. The number of halogens is 1. The third-order valence-corrected chi connectivity index (χ3v) is 8.08. The van der Waals surface area contributed by atoms with Crippen molar-refractivity contribution in [3.8, 4) is 17.2 Å². The zero-order valence-electron chi connectivity index (χ0n) is 19.0. The summed E-state index contributed by atoms with van der Waals surface area (Å²) in [4.78, 5) is 2.59. The molecular formula is C26H33FN2O3S. The highest BCUT2D eigenvalue weighted by molar-refractivity contribution is 7.99. The Morgan fingerprint density at radius 2 is 2.00 bits per heavy atom. The Balaban J connectivity index is 1.21. The first-order valence-corrected chi connectivity index (χ1v) is 13.2. The van der Waals surface area contributed by atoms with Crippen LogP contribution >= 0.6 is 11.8 Å². The van der Waals surface area contributed by atoms with Crippen LogP contribution in [-0.2, 0) is 0 Å². The highest BCUT2D eigenvalue weighted by Gasteiger charge is 2.31. The van der Waals surface area contributed by atoms with Gasteiger partial charge in [-0.05, 0) is 68.1 Å². The molecule has 2 fully saturated rings. The molecule has 0 spiro atoms. The molecule has 5 rings (SSSR count). The van der Waals surface area contributed by atoms with Gasteiger partial charge in [-0.2, -0.15) is 11.8 Å². The van der Waals surface area contributed by atoms with Gasteiger partial charge in [-0.1, -0.05) is 12.1 Å². The maximum absolute atomic E-state index is 13.5. The molecule has 5 nitrogen and oxygen atoms in total. The number of rotatable bonds is 8. The zero-order valence-corrected chi connectivity index (χ0v) is 19.8. The van der Waals surface area contributed by atoms with Gasteiger partial charge in [0.05, 0.1) is 6.61 Å². The van der Waals surface area contributed by atoms with Crippen molar-refractivity contribution in [1.29, 1.82) is 0 Å². The maximum Gasteiger partial charge on any atom is 0.231 e. The highest BCUT2D eigenvalue weighted by atomic mass is 32.2. The van der Waals surface area contributed by atoms with E-state index >= 15 is 0 Å². The van der Waals surface area contributed by atoms with Gasteiger partial charge >= 0.3 is 0 Å². The summed E-state index contributed by atoms with van der Waals surface area (Å²) in [7, 11) is 0. The van der Waals surface area contributed by atoms with Crippen LogP contribution in [0.25, 0.3) is 0 Å². The van der Waals surface area contributed by atoms with Gasteiger partial charge in [0.25, 0.3) is 0 Å². The summed E-state index contributed by atoms with van der Waals surface area (Å²) in [6, 6.07) is 13.4. The van der Waals surface area contributed by atoms with Gasteiger partial charge in [0.1, 0.15) is 11.6 Å². The van der Waals surface area contributed by atoms with E-state index < -0.39 is 0 Å². The number of piperidine rings is 1. The minimum Gasteiger partial charge on any atom is -0.493 e. The number of fused-ring (bicyclic) bond motifs is 1. The molecule has 3 aliphatic heterocycles. The minimum atomic E-state index is -0.182. The molecule has 0 aromatic heterocycles. The number of nitrogens with one attached hydrogen (secondary N) is 1. The molecule has 0 aliphatic carbocycles. The molecule has 2 saturated heterocycles. The third kappa shape index (κ3) is 5.94. The van der Waals surface area contributed by atoms with Crippen LogP contribution in [0.3, 0.4) is 0 Å². The Hall–Kier alpha value is -1.96. The summed E-state index contributed by atoms with van der Waals surface area (Å²) in [5.41, 5.74) is 1.21. The van der Waals surface area contributed by atoms with E-state index in [9.17, 15) is 4.39 Å². The van der Waals surface area contributed by atoms with Crippen LogP contribution < -0.4 is 19.5 Å². The molecule has 0 radical (unpaired) electrons. The average Bonchev–Trinajstić information content (AvgIpc) is 3.32. The first-order chi connectivity index (χ1) is 16.2. The molecule has 7 heteroatoms. The quantitative estimate of drug-likeness (QED) is 0.609. The number of hydrogen-bond donors (Lipinski definition) is 1. The Kier molecular flexibility index (Phi) is 7.59. The number of nitrogens with zero attached hydrogens (tertiary/aromatic N) is 1. The van der Waals surface area contributed by atoms with E-state index in [0.29, 0.717) is 24.5 Å². The summed E-state index contributed by atoms with van der Waals surface area (Å²) < 4.78 is 30.7. The lowest BCUT2D eigenvalue weighted by molar-refractivity contribution is 0.109. The molecule has 0 amide bonds. The molecule has 33 heavy (non-hydrogen) atoms. The summed E-state index contributed by atoms with van der Waals surface area (Å²) in [5.74, 6) is 5.31. The first kappa shape index (κ1) is 22.8. The van der Waals surface area contributed by atoms with E-state index in [1.807, 2.05) is 30.3 Å². The Morgan fingerprint density at radius 1 is 1.12 bits per heavy atom. The van der Waals surface area contributed by atoms with Crippen LogP contribution in [0.4, 0.5) is 4.39 Å². The Labute approximate surface area is 200 Å². The van der Waals surface area contributed by atoms with Gasteiger partial charge < -0.3 is 24.4 Å². The van der Waals surface area contributed by atoms with Crippen molar-refractivity contribution in [3.05, 3.63) is 53.8 Å². The second-order valence-corrected chi connectivity index (χ2v) is 10.4. The van der Waals surface area contributed by atoms with Gasteiger partial charge in [-0.15, -0.1) is 0 Å². The van der Waals surface area contributed by atoms with Crippen LogP contribution in [0.2, 0.25) is 0 Å². The number of ether oxygens (including phenoxy) is 3. The molecule has 2 aromatic carbocycles. The fourth-order valence-electron chi connectivity index (χ4n) is 5.16. The maximum atomic E-state index is 13.5. The summed E-state index contributed by atoms with van der Waals surface area (Å²) in [6.45, 7) is 5.23. The van der Waals surface area contributed by atoms with Crippen molar-refractivity contribution in [2.45, 2.75) is 31.2 Å². The molecular weight excluding hydrogens is 439 g/mol. The number of thioether (sulfide) groups is 1. The fourth-order valence-corrected chi connectivity index (χ4v) is 6.16. The van der Waals surface area contributed by atoms with Crippen LogP contribution in [0, 0.1) is 11.7 Å². The third-order valence-electron chi connectivity index (χ3n) is 6.95. The molecule has 178 valence electrons. The molecule has 1 N–H and O–H groups in total. The predicted molar refractivity (Wildman–Crippen MR) is 130 cm³/mol. The second kappa shape index (κ2) is 11.0. The second-order valence-electron chi connectivity index (χ2n) is 9.20. The van der Waals surface area contributed by atoms with Crippen LogP contribution in [0.5, 0.6) is 17.2 Å². The van der Waals surface area contributed by atoms with E-state index in [0.717, 1.165) is 49.8 Å². The fraction of sp³-hybridized carbons (Fsp3) is 0.538. The lowest BCUT2D eigenvalue weighted by Gasteiger charge is -2.39. The van der Waals surface area contributed by atoms with Crippen molar-refractivity contribution in [1.82, 2.24) is 10.2 Å². The lowest BCUT2D eigenvalue weighted by atomic mass is 9.80. The summed E-state index contributed by atoms with van der Waals surface area (Å²) in [5, 5.41) is 3.65. The lowest BCUT2D eigenvalue weighted by Crippen LogP contribution is -2.43. The standard InChI is InChI=1S/C26H33FN2O3S/c27-21-5-3-19(4-6-21)24-9-12-29(11-1-2-22-17-33-13-10-28-22)15-20(24)16-30-23-7-8-25-26(14-23)32-18-31-25/h3-8,14,20,22,24,28H,1-2,9-13,15-18H2/t20-,22?,24-/m1/s1. The number of hydrogen-bond acceptors (Lipinski definition) is 6. The summed E-state index contributed by atoms with van der Waals surface area (Å²) in [6.07, 6.45) is 3.52. The molecule has 0 bridgehead atoms. The van der Waals surface area contributed by atoms with Crippen molar-refractivity contribution >= 4 is 11.8 Å². The largest absolute Gasteiger partial charge is 0.493 e. The van der Waals surface area contributed by atoms with Gasteiger partial charge in [0.15, 0.2) is 11.5 Å². The molecule has 3 heterocycles. The minimum absolute atomic E-state index is 0.182. The monoisotopic (exact) mass is 472 g/mol. The molecule has 0 saturated carbocycles. The van der Waals surface area contributed by atoms with Crippen molar-refractivity contribution in [3.63, 3.8) is 0 Å². The van der Waals surface area contributed by atoms with Gasteiger partial charge in [0, 0.05) is 42.6 Å². The predicted octanol–water partition coefficient (Wildman–Crippen LogP) is 4.52. The highest BCUT2D eigenvalue weighted by Crippen LogP contribution is 2.37. The smallest absolute Gasteiger partial charge is 0.231 e. The molecule has 3 atom stereocenters. The zero-order chi connectivity index (χ0) is 22.5. The van der Waals surface area contributed by atoms with Crippen molar-refractivity contribution < 1.29 is 18.6 Å². The van der Waals surface area contributed by atoms with Gasteiger partial charge in [0.2, 0.25) is 6.79 Å². The van der Waals surface area contributed by atoms with Gasteiger partial charge in [-0.25, -0.2) is 4.39 Å². The average molecular weight is 473 g/mol. The van der Waals surface area contributed by atoms with Crippen LogP contribution in [0.15, 0.2) is 42.5 Å². The number of likely N-dealkylation sites (tertiary alicyclic amines) is 1. The van der Waals surface area contributed by atoms with Crippen molar-refractivity contribution in [2.24, 2.45) is 5.92 Å². The Morgan fingerprint density at radius 3 is 2.85 bits per heavy atom. The molecule has 3 aliphatic rings. The number of benzene rings is 2. The Bertz CT molecular complexity index is 907. The van der Waals surface area contributed by atoms with Crippen LogP contribution in [0.1, 0.15) is 30.7 Å². The topological polar surface area (TPSA) is 43.0 Å². The first-order valence-electron chi connectivity index (χ1n) is 12.1. The van der Waals surface area contributed by atoms with E-state index in [1.54, 1.807) is 12.1 Å². The van der Waals surface area contributed by atoms with E-state index in [1.165, 1.54) is 29.9 Å². The van der Waals surface area contributed by atoms with E-state index in [2.05, 4.69) is 22.0 Å². The molecule has 1 unspecified atom stereocenters. The van der Waals surface area contributed by atoms with Gasteiger partial charge in [-0.3, -0.25) is 0 Å². The molecule has 2 aromatic rings. The summed E-state index contributed by atoms with van der Waals surface area (Å²) >= 11 is 2.06.